The second-order valence-corrected chi connectivity index (χ2v) is 7.09. The molecule has 1 fully saturated rings. The Morgan fingerprint density at radius 3 is 2.77 bits per heavy atom. The summed E-state index contributed by atoms with van der Waals surface area (Å²) >= 11 is 0. The molecule has 0 bridgehead atoms. The summed E-state index contributed by atoms with van der Waals surface area (Å²) in [5, 5.41) is 12.2. The van der Waals surface area contributed by atoms with Crippen molar-refractivity contribution in [3.63, 3.8) is 0 Å². The van der Waals surface area contributed by atoms with Gasteiger partial charge in [0.05, 0.1) is 6.04 Å². The summed E-state index contributed by atoms with van der Waals surface area (Å²) in [5.74, 6) is -0.143. The minimum Gasteiger partial charge on any atom is -0.396 e. The third-order valence-corrected chi connectivity index (χ3v) is 4.15. The van der Waals surface area contributed by atoms with Gasteiger partial charge in [0, 0.05) is 25.6 Å². The fraction of sp³-hybridized carbons (Fsp3) is 0.588. The van der Waals surface area contributed by atoms with Crippen LogP contribution in [0.3, 0.4) is 0 Å². The molecule has 1 aromatic rings. The van der Waals surface area contributed by atoms with Gasteiger partial charge in [-0.2, -0.15) is 0 Å². The topological polar surface area (TPSA) is 52.6 Å². The van der Waals surface area contributed by atoms with Crippen LogP contribution in [0.1, 0.15) is 38.8 Å². The van der Waals surface area contributed by atoms with E-state index in [4.69, 9.17) is 0 Å². The van der Waals surface area contributed by atoms with Crippen molar-refractivity contribution >= 4 is 6.03 Å². The Bertz CT molecular complexity index is 528. The SMILES string of the molecule is CC(C)(C)C(NC(=O)N1CCC(CO)C1)c1cccc(F)c1. The summed E-state index contributed by atoms with van der Waals surface area (Å²) in [6, 6.07) is 5.94. The van der Waals surface area contributed by atoms with Crippen LogP contribution in [0.15, 0.2) is 24.3 Å². The number of aliphatic hydroxyl groups is 1. The highest BCUT2D eigenvalue weighted by atomic mass is 19.1. The van der Waals surface area contributed by atoms with E-state index >= 15 is 0 Å². The van der Waals surface area contributed by atoms with Gasteiger partial charge in [-0.1, -0.05) is 32.9 Å². The second-order valence-electron chi connectivity index (χ2n) is 7.09. The first-order valence-electron chi connectivity index (χ1n) is 7.73. The zero-order valence-electron chi connectivity index (χ0n) is 13.5. The molecule has 0 radical (unpaired) electrons. The summed E-state index contributed by atoms with van der Waals surface area (Å²) in [5.41, 5.74) is 0.526. The molecule has 0 spiro atoms. The van der Waals surface area contributed by atoms with Gasteiger partial charge in [-0.05, 0) is 29.5 Å². The number of hydrogen-bond donors (Lipinski definition) is 2. The lowest BCUT2D eigenvalue weighted by molar-refractivity contribution is 0.182. The Labute approximate surface area is 131 Å². The number of nitrogens with zero attached hydrogens (tertiary/aromatic N) is 1. The van der Waals surface area contributed by atoms with Gasteiger partial charge in [-0.25, -0.2) is 9.18 Å². The molecule has 4 nitrogen and oxygen atoms in total. The molecule has 2 unspecified atom stereocenters. The smallest absolute Gasteiger partial charge is 0.317 e. The molecule has 1 aliphatic rings. The largest absolute Gasteiger partial charge is 0.396 e. The van der Waals surface area contributed by atoms with E-state index in [1.165, 1.54) is 12.1 Å². The van der Waals surface area contributed by atoms with Crippen LogP contribution < -0.4 is 5.32 Å². The summed E-state index contributed by atoms with van der Waals surface area (Å²) < 4.78 is 13.5. The number of nitrogens with one attached hydrogen (secondary N) is 1. The number of benzene rings is 1. The summed E-state index contributed by atoms with van der Waals surface area (Å²) in [7, 11) is 0. The molecule has 1 aromatic carbocycles. The number of hydrogen-bond acceptors (Lipinski definition) is 2. The van der Waals surface area contributed by atoms with Crippen LogP contribution in [0.4, 0.5) is 9.18 Å². The van der Waals surface area contributed by atoms with Crippen molar-refractivity contribution in [1.29, 1.82) is 0 Å². The zero-order chi connectivity index (χ0) is 16.3. The van der Waals surface area contributed by atoms with Crippen molar-refractivity contribution in [3.8, 4) is 0 Å². The van der Waals surface area contributed by atoms with Crippen LogP contribution in [0.5, 0.6) is 0 Å². The minimum atomic E-state index is -0.303. The third kappa shape index (κ3) is 3.97. The lowest BCUT2D eigenvalue weighted by Crippen LogP contribution is -2.44. The monoisotopic (exact) mass is 308 g/mol. The van der Waals surface area contributed by atoms with Crippen molar-refractivity contribution in [3.05, 3.63) is 35.6 Å². The van der Waals surface area contributed by atoms with Crippen LogP contribution in [0, 0.1) is 17.2 Å². The first kappa shape index (κ1) is 16.7. The highest BCUT2D eigenvalue weighted by molar-refractivity contribution is 5.75. The molecule has 1 heterocycles. The van der Waals surface area contributed by atoms with Crippen LogP contribution in [0.25, 0.3) is 0 Å². The van der Waals surface area contributed by atoms with Gasteiger partial charge in [-0.15, -0.1) is 0 Å². The van der Waals surface area contributed by atoms with E-state index in [-0.39, 0.29) is 35.8 Å². The van der Waals surface area contributed by atoms with Crippen LogP contribution in [-0.2, 0) is 0 Å². The van der Waals surface area contributed by atoms with Gasteiger partial charge < -0.3 is 15.3 Å². The van der Waals surface area contributed by atoms with E-state index < -0.39 is 0 Å². The van der Waals surface area contributed by atoms with E-state index in [0.717, 1.165) is 12.0 Å². The van der Waals surface area contributed by atoms with Crippen LogP contribution >= 0.6 is 0 Å². The predicted octanol–water partition coefficient (Wildman–Crippen LogP) is 2.94. The maximum atomic E-state index is 13.5. The number of aliphatic hydroxyl groups excluding tert-OH is 1. The van der Waals surface area contributed by atoms with Gasteiger partial charge in [0.2, 0.25) is 0 Å². The summed E-state index contributed by atoms with van der Waals surface area (Å²) in [6.07, 6.45) is 0.823. The van der Waals surface area contributed by atoms with Crippen molar-refractivity contribution in [1.82, 2.24) is 10.2 Å². The van der Waals surface area contributed by atoms with E-state index in [1.807, 2.05) is 26.8 Å². The maximum Gasteiger partial charge on any atom is 0.317 e. The van der Waals surface area contributed by atoms with Gasteiger partial charge in [0.1, 0.15) is 5.82 Å². The van der Waals surface area contributed by atoms with Crippen molar-refractivity contribution < 1.29 is 14.3 Å². The lowest BCUT2D eigenvalue weighted by atomic mass is 9.82. The van der Waals surface area contributed by atoms with Gasteiger partial charge in [0.25, 0.3) is 0 Å². The van der Waals surface area contributed by atoms with Gasteiger partial charge in [-0.3, -0.25) is 0 Å². The number of carbonyl (C=O) groups excluding carboxylic acids is 1. The number of carbonyl (C=O) groups is 1. The Morgan fingerprint density at radius 2 is 2.23 bits per heavy atom. The van der Waals surface area contributed by atoms with Crippen molar-refractivity contribution in [2.45, 2.75) is 33.2 Å². The number of rotatable bonds is 3. The van der Waals surface area contributed by atoms with Crippen molar-refractivity contribution in [2.75, 3.05) is 19.7 Å². The van der Waals surface area contributed by atoms with Gasteiger partial charge in [0.15, 0.2) is 0 Å². The molecule has 2 amide bonds. The quantitative estimate of drug-likeness (QED) is 0.902. The molecule has 22 heavy (non-hydrogen) atoms. The van der Waals surface area contributed by atoms with Gasteiger partial charge >= 0.3 is 6.03 Å². The number of halogens is 1. The lowest BCUT2D eigenvalue weighted by Gasteiger charge is -2.33. The molecule has 122 valence electrons. The standard InChI is InChI=1S/C17H25FN2O2/c1-17(2,3)15(13-5-4-6-14(18)9-13)19-16(22)20-8-7-12(10-20)11-21/h4-6,9,12,15,21H,7-8,10-11H2,1-3H3,(H,19,22). The molecule has 2 atom stereocenters. The van der Waals surface area contributed by atoms with E-state index in [9.17, 15) is 14.3 Å². The second kappa shape index (κ2) is 6.65. The molecule has 1 saturated heterocycles. The fourth-order valence-corrected chi connectivity index (χ4v) is 2.87. The molecule has 2 rings (SSSR count). The molecule has 1 aliphatic heterocycles. The Morgan fingerprint density at radius 1 is 1.50 bits per heavy atom. The number of likely N-dealkylation sites (tertiary alicyclic amines) is 1. The molecule has 0 aliphatic carbocycles. The number of amides is 2. The summed E-state index contributed by atoms with van der Waals surface area (Å²) in [4.78, 5) is 14.2. The Kier molecular flexibility index (Phi) is 5.06. The van der Waals surface area contributed by atoms with Crippen LogP contribution in [0.2, 0.25) is 0 Å². The van der Waals surface area contributed by atoms with E-state index in [2.05, 4.69) is 5.32 Å². The first-order chi connectivity index (χ1) is 10.3. The van der Waals surface area contributed by atoms with E-state index in [1.54, 1.807) is 11.0 Å². The molecule has 0 saturated carbocycles. The zero-order valence-corrected chi connectivity index (χ0v) is 13.5. The Hall–Kier alpha value is -1.62. The highest BCUT2D eigenvalue weighted by Crippen LogP contribution is 2.33. The fourth-order valence-electron chi connectivity index (χ4n) is 2.87. The third-order valence-electron chi connectivity index (χ3n) is 4.15. The number of urea groups is 1. The average molecular weight is 308 g/mol. The average Bonchev–Trinajstić information content (AvgIpc) is 2.92. The molecular weight excluding hydrogens is 283 g/mol. The van der Waals surface area contributed by atoms with Crippen molar-refractivity contribution in [2.24, 2.45) is 11.3 Å². The molecular formula is C17H25FN2O2. The van der Waals surface area contributed by atoms with E-state index in [0.29, 0.717) is 13.1 Å². The normalized spacial score (nSPS) is 20.0. The maximum absolute atomic E-state index is 13.5. The van der Waals surface area contributed by atoms with Crippen LogP contribution in [-0.4, -0.2) is 35.7 Å². The molecule has 2 N–H and O–H groups in total. The molecule has 0 aromatic heterocycles. The summed E-state index contributed by atoms with van der Waals surface area (Å²) in [6.45, 7) is 7.38. The molecule has 5 heteroatoms. The Balaban J connectivity index is 2.13. The predicted molar refractivity (Wildman–Crippen MR) is 83.9 cm³/mol. The first-order valence-corrected chi connectivity index (χ1v) is 7.73. The minimum absolute atomic E-state index is 0.108. The highest BCUT2D eigenvalue weighted by Gasteiger charge is 2.32.